The molecule has 0 radical (unpaired) electrons. The van der Waals surface area contributed by atoms with Gasteiger partial charge in [-0.3, -0.25) is 14.7 Å². The average Bonchev–Trinajstić information content (AvgIpc) is 0.673. The first-order valence-electron chi connectivity index (χ1n) is 49.2. The predicted octanol–water partition coefficient (Wildman–Crippen LogP) is 18.3. The van der Waals surface area contributed by atoms with E-state index in [4.69, 9.17) is 67.3 Å². The maximum Gasteiger partial charge on any atom is 0.135 e. The van der Waals surface area contributed by atoms with E-state index < -0.39 is 0 Å². The molecular weight excluding hydrogens is 1850 g/mol. The van der Waals surface area contributed by atoms with Crippen LogP contribution >= 0.6 is 47.0 Å². The van der Waals surface area contributed by atoms with Crippen molar-refractivity contribution in [2.24, 2.45) is 0 Å². The fourth-order valence-corrected chi connectivity index (χ4v) is 24.1. The van der Waals surface area contributed by atoms with Gasteiger partial charge >= 0.3 is 0 Å². The fourth-order valence-electron chi connectivity index (χ4n) is 20.1. The van der Waals surface area contributed by atoms with Gasteiger partial charge in [0.1, 0.15) is 90.8 Å². The van der Waals surface area contributed by atoms with Crippen LogP contribution in [0.5, 0.6) is 11.5 Å². The van der Waals surface area contributed by atoms with Crippen LogP contribution in [0.1, 0.15) is 186 Å². The van der Waals surface area contributed by atoms with Gasteiger partial charge in [0, 0.05) is 201 Å². The summed E-state index contributed by atoms with van der Waals surface area (Å²) in [6.45, 7) is 45.4. The van der Waals surface area contributed by atoms with Crippen molar-refractivity contribution in [2.75, 3.05) is 183 Å². The lowest BCUT2D eigenvalue weighted by atomic mass is 9.89. The number of anilines is 4. The third-order valence-electron chi connectivity index (χ3n) is 27.5. The summed E-state index contributed by atoms with van der Waals surface area (Å²) in [5.41, 5.74) is 14.7. The molecule has 0 saturated carbocycles. The van der Waals surface area contributed by atoms with Crippen LogP contribution in [0, 0.1) is 57.0 Å². The van der Waals surface area contributed by atoms with Crippen molar-refractivity contribution in [3.05, 3.63) is 198 Å². The van der Waals surface area contributed by atoms with E-state index in [1.807, 2.05) is 36.4 Å². The van der Waals surface area contributed by atoms with Gasteiger partial charge in [-0.2, -0.15) is 21.0 Å². The van der Waals surface area contributed by atoms with Gasteiger partial charge in [-0.15, -0.1) is 47.0 Å². The fraction of sp³-hybridized carbons (Fsp3) is 0.560. The van der Waals surface area contributed by atoms with Crippen LogP contribution in [0.15, 0.2) is 117 Å². The number of hydrogen-bond donors (Lipinski definition) is 0. The van der Waals surface area contributed by atoms with Crippen molar-refractivity contribution < 1.29 is 56.1 Å². The number of aromatic nitrogens is 4. The zero-order valence-electron chi connectivity index (χ0n) is 85.5. The Morgan fingerprint density at radius 3 is 0.900 bits per heavy atom. The van der Waals surface area contributed by atoms with Crippen LogP contribution in [0.2, 0.25) is 0 Å². The monoisotopic (exact) mass is 1990 g/mol. The number of methoxy groups -OCH3 is 5. The number of nitrogens with zero attached hydrogens (tertiary/aromatic N) is 15. The Bertz CT molecular complexity index is 5640. The van der Waals surface area contributed by atoms with Crippen molar-refractivity contribution in [1.29, 1.82) is 21.0 Å². The molecular formula is C109H143F2N15O10S4. The zero-order chi connectivity index (χ0) is 100. The lowest BCUT2D eigenvalue weighted by Gasteiger charge is -2.46. The number of rotatable bonds is 31. The number of aryl methyl sites for hydroxylation is 4. The van der Waals surface area contributed by atoms with Gasteiger partial charge in [-0.1, -0.05) is 48.5 Å². The highest BCUT2D eigenvalue weighted by atomic mass is 32.2. The van der Waals surface area contributed by atoms with E-state index in [0.29, 0.717) is 118 Å². The molecule has 4 aromatic carbocycles. The number of ether oxygens (including phenoxy) is 10. The van der Waals surface area contributed by atoms with Gasteiger partial charge in [-0.05, 0) is 216 Å². The molecule has 4 fully saturated rings. The van der Waals surface area contributed by atoms with Crippen LogP contribution < -0.4 is 29.1 Å². The summed E-state index contributed by atoms with van der Waals surface area (Å²) in [6, 6.07) is 41.6. The topological polar surface area (TPSA) is 262 Å². The number of pyridine rings is 4. The van der Waals surface area contributed by atoms with E-state index in [2.05, 4.69) is 180 Å². The highest BCUT2D eigenvalue weighted by molar-refractivity contribution is 8.00. The SMILES string of the molecule is CC1(C)Cc2c(C#N)c(SCCc3ccc(F)cc3)nc(N3CCOCC3)c2CO1.COCCN1C(C)CN(c2nc(SCCc3ccc(F)cc3)c(C#N)c3c2COC(C)(C)C3)CC1C.COCCN1C(C)CN(c2nc(SCCc3ccc(OC)cc3)c(C#N)c3c2COC(C)(C)C3)CC1C.COCCN1C(C)CN(c2nc(SCCc3cccc(OC)c3)c(C#N)c3c2COC(C)(C)C3)CC1C. The van der Waals surface area contributed by atoms with E-state index in [-0.39, 0.29) is 34.0 Å². The molecule has 8 aliphatic heterocycles. The summed E-state index contributed by atoms with van der Waals surface area (Å²) in [7, 11) is 8.63. The van der Waals surface area contributed by atoms with E-state index >= 15 is 0 Å². The lowest BCUT2D eigenvalue weighted by Crippen LogP contribution is -2.58. The molecule has 6 unspecified atom stereocenters. The summed E-state index contributed by atoms with van der Waals surface area (Å²) in [5.74, 6) is 8.35. The standard InChI is InChI=1S/2C29H40N4O3S.C28H37FN4O2S.C23H26FN3O2S/c1-20-17-32(18-21(2)33(20)12-13-34-5)27-26-19-36-29(3,4)15-24(26)25(16-30)28(31-27)37-14-11-22-7-9-23(35-6)10-8-22;1-20-17-32(18-21(2)33(20)11-12-34-5)27-26-19-36-29(3,4)15-24(26)25(16-30)28(31-27)37-13-10-22-8-7-9-23(14-22)35-6;1-19-16-32(17-20(2)33(19)11-12-34-5)26-25-18-35-28(3,4)14-23(25)24(15-30)27(31-26)36-13-10-21-6-8-22(29)9-7-21;1-23(2)13-18-19(14-25)22(30-12-7-16-3-5-17(24)6-4-16)26-21(20(18)15-29-23)27-8-10-28-11-9-27/h7-10,20-21H,11-15,17-19H2,1-6H3;7-9,14,20-21H,10-13,15,17-19H2,1-6H3;6-9,19-20H,10-14,16-18H2,1-5H3;3-6H,7-13,15H2,1-2H3. The summed E-state index contributed by atoms with van der Waals surface area (Å²) in [5, 5.41) is 43.9. The molecule has 31 heteroatoms. The third kappa shape index (κ3) is 28.0. The van der Waals surface area contributed by atoms with Crippen molar-refractivity contribution in [2.45, 2.75) is 253 Å². The molecule has 0 aliphatic carbocycles. The summed E-state index contributed by atoms with van der Waals surface area (Å²) < 4.78 is 83.3. The smallest absolute Gasteiger partial charge is 0.135 e. The molecule has 6 atom stereocenters. The quantitative estimate of drug-likeness (QED) is 0.0366. The van der Waals surface area contributed by atoms with Gasteiger partial charge in [0.25, 0.3) is 0 Å². The Morgan fingerprint density at radius 2 is 0.629 bits per heavy atom. The Labute approximate surface area is 846 Å². The zero-order valence-corrected chi connectivity index (χ0v) is 88.8. The molecule has 12 heterocycles. The molecule has 16 rings (SSSR count). The Morgan fingerprint density at radius 1 is 0.357 bits per heavy atom. The van der Waals surface area contributed by atoms with E-state index in [1.165, 1.54) is 35.4 Å². The molecule has 0 amide bonds. The first-order valence-corrected chi connectivity index (χ1v) is 53.1. The minimum absolute atomic E-state index is 0.227. The number of halogens is 2. The first kappa shape index (κ1) is 108. The minimum atomic E-state index is -0.327. The van der Waals surface area contributed by atoms with Crippen molar-refractivity contribution >= 4 is 70.3 Å². The highest BCUT2D eigenvalue weighted by Crippen LogP contribution is 2.46. The summed E-state index contributed by atoms with van der Waals surface area (Å²) in [4.78, 5) is 37.4. The van der Waals surface area contributed by atoms with Gasteiger partial charge < -0.3 is 67.0 Å². The number of piperazine rings is 3. The number of thioether (sulfide) groups is 4. The van der Waals surface area contributed by atoms with Crippen molar-refractivity contribution in [1.82, 2.24) is 34.6 Å². The van der Waals surface area contributed by atoms with Gasteiger partial charge in [-0.25, -0.2) is 28.7 Å². The number of benzene rings is 4. The van der Waals surface area contributed by atoms with Crippen LogP contribution in [-0.2, 0) is 116 Å². The van der Waals surface area contributed by atoms with E-state index in [0.717, 1.165) is 257 Å². The highest BCUT2D eigenvalue weighted by Gasteiger charge is 2.43. The van der Waals surface area contributed by atoms with Crippen molar-refractivity contribution in [3.63, 3.8) is 0 Å². The molecule has 0 N–H and O–H groups in total. The van der Waals surface area contributed by atoms with E-state index in [9.17, 15) is 29.8 Å². The van der Waals surface area contributed by atoms with Crippen LogP contribution in [0.4, 0.5) is 32.1 Å². The first-order chi connectivity index (χ1) is 67.2. The second-order valence-electron chi connectivity index (χ2n) is 40.1. The molecule has 752 valence electrons. The Hall–Kier alpha value is -8.94. The largest absolute Gasteiger partial charge is 0.497 e. The molecule has 4 saturated heterocycles. The average molecular weight is 1990 g/mol. The predicted molar refractivity (Wildman–Crippen MR) is 555 cm³/mol. The maximum atomic E-state index is 13.3. The van der Waals surface area contributed by atoms with Crippen LogP contribution in [-0.4, -0.2) is 257 Å². The normalized spacial score (nSPS) is 20.8. The second kappa shape index (κ2) is 50.0. The Kier molecular flexibility index (Phi) is 38.7. The Balaban J connectivity index is 0.000000158. The van der Waals surface area contributed by atoms with Crippen molar-refractivity contribution in [3.8, 4) is 35.8 Å². The third-order valence-corrected chi connectivity index (χ3v) is 31.4. The second-order valence-corrected chi connectivity index (χ2v) is 44.4. The number of morpholine rings is 1. The lowest BCUT2D eigenvalue weighted by molar-refractivity contribution is -0.0405. The minimum Gasteiger partial charge on any atom is -0.497 e. The molecule has 25 nitrogen and oxygen atoms in total. The maximum absolute atomic E-state index is 13.3. The summed E-state index contributed by atoms with van der Waals surface area (Å²) in [6.07, 6.45) is 6.15. The number of fused-ring (bicyclic) bond motifs is 4. The number of hydrogen-bond acceptors (Lipinski definition) is 29. The molecule has 0 bridgehead atoms. The molecule has 8 aromatic rings. The van der Waals surface area contributed by atoms with Crippen LogP contribution in [0.25, 0.3) is 0 Å². The van der Waals surface area contributed by atoms with Gasteiger partial charge in [0.15, 0.2) is 0 Å². The molecule has 0 spiro atoms. The molecule has 4 aromatic heterocycles. The molecule has 8 aliphatic rings. The molecule has 140 heavy (non-hydrogen) atoms. The summed E-state index contributed by atoms with van der Waals surface area (Å²) >= 11 is 6.57. The van der Waals surface area contributed by atoms with Crippen LogP contribution in [0.3, 0.4) is 0 Å². The number of nitriles is 4. The van der Waals surface area contributed by atoms with Gasteiger partial charge in [0.05, 0.1) is 118 Å². The van der Waals surface area contributed by atoms with Gasteiger partial charge in [0.2, 0.25) is 0 Å². The van der Waals surface area contributed by atoms with E-state index in [1.54, 1.807) is 94.7 Å².